The Bertz CT molecular complexity index is 635. The van der Waals surface area contributed by atoms with Gasteiger partial charge < -0.3 is 15.2 Å². The van der Waals surface area contributed by atoms with Crippen LogP contribution in [0.3, 0.4) is 0 Å². The Kier molecular flexibility index (Phi) is 4.66. The molecule has 1 aliphatic rings. The minimum Gasteiger partial charge on any atom is -0.361 e. The highest BCUT2D eigenvalue weighted by Crippen LogP contribution is 2.18. The van der Waals surface area contributed by atoms with Crippen LogP contribution >= 0.6 is 0 Å². The topological polar surface area (TPSA) is 43.4 Å². The van der Waals surface area contributed by atoms with E-state index in [1.807, 2.05) is 7.05 Å². The summed E-state index contributed by atoms with van der Waals surface area (Å²) in [5.41, 5.74) is 2.58. The van der Waals surface area contributed by atoms with E-state index in [-0.39, 0.29) is 0 Å². The highest BCUT2D eigenvalue weighted by molar-refractivity contribution is 5.83. The van der Waals surface area contributed by atoms with E-state index in [2.05, 4.69) is 57.6 Å². The zero-order valence-corrected chi connectivity index (χ0v) is 13.6. The number of guanidine groups is 1. The molecule has 0 atom stereocenters. The van der Waals surface area contributed by atoms with E-state index in [0.717, 1.165) is 37.9 Å². The van der Waals surface area contributed by atoms with Crippen molar-refractivity contribution >= 4 is 16.9 Å². The summed E-state index contributed by atoms with van der Waals surface area (Å²) in [4.78, 5) is 10.2. The molecule has 4 heteroatoms. The number of hydrogen-bond donors (Lipinski definition) is 2. The normalized spacial score (nSPS) is 17.2. The van der Waals surface area contributed by atoms with Crippen LogP contribution in [0.4, 0.5) is 0 Å². The monoisotopic (exact) mass is 298 g/mol. The molecule has 0 spiro atoms. The van der Waals surface area contributed by atoms with Gasteiger partial charge in [-0.05, 0) is 36.8 Å². The number of H-pyrrole nitrogens is 1. The van der Waals surface area contributed by atoms with Crippen molar-refractivity contribution in [1.29, 1.82) is 0 Å². The van der Waals surface area contributed by atoms with Crippen LogP contribution in [0.5, 0.6) is 0 Å². The molecule has 4 nitrogen and oxygen atoms in total. The van der Waals surface area contributed by atoms with Gasteiger partial charge in [-0.25, -0.2) is 0 Å². The molecule has 2 N–H and O–H groups in total. The largest absolute Gasteiger partial charge is 0.361 e. The first kappa shape index (κ1) is 14.9. The molecule has 1 fully saturated rings. The van der Waals surface area contributed by atoms with E-state index in [9.17, 15) is 0 Å². The molecule has 0 saturated carbocycles. The number of hydrogen-bond acceptors (Lipinski definition) is 1. The molecule has 1 aromatic heterocycles. The summed E-state index contributed by atoms with van der Waals surface area (Å²) in [6, 6.07) is 8.48. The third kappa shape index (κ3) is 3.26. The average molecular weight is 298 g/mol. The van der Waals surface area contributed by atoms with Crippen molar-refractivity contribution in [3.8, 4) is 0 Å². The second-order valence-corrected chi connectivity index (χ2v) is 6.25. The molecule has 0 aliphatic carbocycles. The van der Waals surface area contributed by atoms with E-state index in [4.69, 9.17) is 0 Å². The summed E-state index contributed by atoms with van der Waals surface area (Å²) in [6.07, 6.45) is 5.66. The van der Waals surface area contributed by atoms with Gasteiger partial charge in [0, 0.05) is 43.8 Å². The molecule has 22 heavy (non-hydrogen) atoms. The summed E-state index contributed by atoms with van der Waals surface area (Å²) in [6.45, 7) is 5.49. The number of piperidine rings is 1. The van der Waals surface area contributed by atoms with Crippen LogP contribution in [0.1, 0.15) is 25.3 Å². The van der Waals surface area contributed by atoms with Crippen molar-refractivity contribution in [2.75, 3.05) is 26.7 Å². The Balaban J connectivity index is 1.55. The summed E-state index contributed by atoms with van der Waals surface area (Å²) < 4.78 is 0. The molecular weight excluding hydrogens is 272 g/mol. The fourth-order valence-corrected chi connectivity index (χ4v) is 3.20. The van der Waals surface area contributed by atoms with Crippen LogP contribution in [-0.4, -0.2) is 42.5 Å². The van der Waals surface area contributed by atoms with Gasteiger partial charge in [0.25, 0.3) is 0 Å². The third-order valence-electron chi connectivity index (χ3n) is 4.65. The SMILES string of the molecule is CN=C(NCCc1c[nH]c2ccccc12)N1CCC(C)CC1. The maximum atomic E-state index is 4.44. The van der Waals surface area contributed by atoms with Crippen LogP contribution in [0.2, 0.25) is 0 Å². The lowest BCUT2D eigenvalue weighted by molar-refractivity contribution is 0.273. The Morgan fingerprint density at radius 1 is 1.32 bits per heavy atom. The number of rotatable bonds is 3. The molecule has 0 bridgehead atoms. The zero-order valence-electron chi connectivity index (χ0n) is 13.6. The average Bonchev–Trinajstić information content (AvgIpc) is 2.96. The lowest BCUT2D eigenvalue weighted by Gasteiger charge is -2.32. The molecule has 2 heterocycles. The van der Waals surface area contributed by atoms with E-state index in [1.54, 1.807) is 0 Å². The van der Waals surface area contributed by atoms with E-state index >= 15 is 0 Å². The number of aliphatic imine (C=N–C) groups is 1. The van der Waals surface area contributed by atoms with Gasteiger partial charge in [0.15, 0.2) is 5.96 Å². The van der Waals surface area contributed by atoms with Gasteiger partial charge in [-0.15, -0.1) is 0 Å². The van der Waals surface area contributed by atoms with Gasteiger partial charge in [0.05, 0.1) is 0 Å². The third-order valence-corrected chi connectivity index (χ3v) is 4.65. The molecule has 0 radical (unpaired) electrons. The van der Waals surface area contributed by atoms with Crippen molar-refractivity contribution in [2.45, 2.75) is 26.2 Å². The minimum absolute atomic E-state index is 0.848. The number of likely N-dealkylation sites (tertiary alicyclic amines) is 1. The van der Waals surface area contributed by atoms with E-state index in [0.29, 0.717) is 0 Å². The maximum Gasteiger partial charge on any atom is 0.193 e. The molecule has 2 aromatic rings. The molecule has 1 saturated heterocycles. The Labute approximate surface area is 132 Å². The number of para-hydroxylation sites is 1. The fraction of sp³-hybridized carbons (Fsp3) is 0.500. The van der Waals surface area contributed by atoms with Gasteiger partial charge in [0.1, 0.15) is 0 Å². The van der Waals surface area contributed by atoms with Gasteiger partial charge in [-0.3, -0.25) is 4.99 Å². The van der Waals surface area contributed by atoms with Crippen molar-refractivity contribution in [2.24, 2.45) is 10.9 Å². The quantitative estimate of drug-likeness (QED) is 0.676. The number of nitrogens with one attached hydrogen (secondary N) is 2. The summed E-state index contributed by atoms with van der Waals surface area (Å²) in [5.74, 6) is 1.90. The first-order valence-electron chi connectivity index (χ1n) is 8.28. The van der Waals surface area contributed by atoms with Crippen LogP contribution < -0.4 is 5.32 Å². The lowest BCUT2D eigenvalue weighted by atomic mass is 9.99. The highest BCUT2D eigenvalue weighted by atomic mass is 15.3. The molecule has 1 aromatic carbocycles. The molecule has 3 rings (SSSR count). The summed E-state index contributed by atoms with van der Waals surface area (Å²) in [5, 5.41) is 4.84. The standard InChI is InChI=1S/C18H26N4/c1-14-8-11-22(12-9-14)18(19-2)20-10-7-15-13-21-17-6-4-3-5-16(15)17/h3-6,13-14,21H,7-12H2,1-2H3,(H,19,20). The first-order valence-corrected chi connectivity index (χ1v) is 8.28. The molecule has 0 amide bonds. The highest BCUT2D eigenvalue weighted by Gasteiger charge is 2.18. The number of fused-ring (bicyclic) bond motifs is 1. The van der Waals surface area contributed by atoms with Gasteiger partial charge in [-0.2, -0.15) is 0 Å². The van der Waals surface area contributed by atoms with Crippen LogP contribution in [0.25, 0.3) is 10.9 Å². The predicted octanol–water partition coefficient (Wildman–Crippen LogP) is 3.02. The Hall–Kier alpha value is -1.97. The Morgan fingerprint density at radius 3 is 2.86 bits per heavy atom. The van der Waals surface area contributed by atoms with Crippen LogP contribution in [0, 0.1) is 5.92 Å². The molecule has 0 unspecified atom stereocenters. The second kappa shape index (κ2) is 6.86. The van der Waals surface area contributed by atoms with Crippen molar-refractivity contribution < 1.29 is 0 Å². The second-order valence-electron chi connectivity index (χ2n) is 6.25. The molecule has 1 aliphatic heterocycles. The van der Waals surface area contributed by atoms with Gasteiger partial charge >= 0.3 is 0 Å². The summed E-state index contributed by atoms with van der Waals surface area (Å²) in [7, 11) is 1.88. The fourth-order valence-electron chi connectivity index (χ4n) is 3.20. The number of nitrogens with zero attached hydrogens (tertiary/aromatic N) is 2. The first-order chi connectivity index (χ1) is 10.8. The molecular formula is C18H26N4. The van der Waals surface area contributed by atoms with Crippen LogP contribution in [0.15, 0.2) is 35.5 Å². The summed E-state index contributed by atoms with van der Waals surface area (Å²) >= 11 is 0. The zero-order chi connectivity index (χ0) is 15.4. The minimum atomic E-state index is 0.848. The van der Waals surface area contributed by atoms with E-state index < -0.39 is 0 Å². The molecule has 118 valence electrons. The van der Waals surface area contributed by atoms with E-state index in [1.165, 1.54) is 29.3 Å². The smallest absolute Gasteiger partial charge is 0.193 e. The lowest BCUT2D eigenvalue weighted by Crippen LogP contribution is -2.45. The van der Waals surface area contributed by atoms with Gasteiger partial charge in [0.2, 0.25) is 0 Å². The maximum absolute atomic E-state index is 4.44. The van der Waals surface area contributed by atoms with Crippen LogP contribution in [-0.2, 0) is 6.42 Å². The number of aromatic amines is 1. The predicted molar refractivity (Wildman–Crippen MR) is 93.3 cm³/mol. The Morgan fingerprint density at radius 2 is 2.09 bits per heavy atom. The van der Waals surface area contributed by atoms with Crippen molar-refractivity contribution in [3.63, 3.8) is 0 Å². The van der Waals surface area contributed by atoms with Crippen molar-refractivity contribution in [1.82, 2.24) is 15.2 Å². The van der Waals surface area contributed by atoms with Gasteiger partial charge in [-0.1, -0.05) is 25.1 Å². The number of benzene rings is 1. The van der Waals surface area contributed by atoms with Crippen molar-refractivity contribution in [3.05, 3.63) is 36.0 Å². The number of aromatic nitrogens is 1.